The molecule has 0 heterocycles. The maximum atomic E-state index is 6.30. The number of benzene rings is 2. The second-order valence-electron chi connectivity index (χ2n) is 4.68. The van der Waals surface area contributed by atoms with Crippen LogP contribution in [0.1, 0.15) is 36.1 Å². The lowest BCUT2D eigenvalue weighted by Gasteiger charge is -2.14. The summed E-state index contributed by atoms with van der Waals surface area (Å²) in [6, 6.07) is 13.6. The van der Waals surface area contributed by atoms with Crippen molar-refractivity contribution >= 4 is 23.2 Å². The zero-order chi connectivity index (χ0) is 13.8. The normalized spacial score (nSPS) is 12.4. The van der Waals surface area contributed by atoms with Crippen LogP contribution in [0, 0.1) is 0 Å². The Morgan fingerprint density at radius 3 is 2.32 bits per heavy atom. The number of hydrogen-bond donors (Lipinski definition) is 1. The van der Waals surface area contributed by atoms with Gasteiger partial charge in [-0.1, -0.05) is 60.8 Å². The van der Waals surface area contributed by atoms with Gasteiger partial charge >= 0.3 is 0 Å². The quantitative estimate of drug-likeness (QED) is 0.844. The zero-order valence-electron chi connectivity index (χ0n) is 10.9. The summed E-state index contributed by atoms with van der Waals surface area (Å²) < 4.78 is 0. The van der Waals surface area contributed by atoms with Crippen molar-refractivity contribution in [2.45, 2.75) is 25.8 Å². The molecule has 1 atom stereocenters. The second-order valence-corrected chi connectivity index (χ2v) is 5.55. The van der Waals surface area contributed by atoms with Gasteiger partial charge in [-0.3, -0.25) is 0 Å². The molecule has 100 valence electrons. The summed E-state index contributed by atoms with van der Waals surface area (Å²) in [5.74, 6) is 0. The Labute approximate surface area is 124 Å². The molecular formula is C16H17Cl2N. The zero-order valence-corrected chi connectivity index (χ0v) is 12.4. The first-order valence-electron chi connectivity index (χ1n) is 6.40. The summed E-state index contributed by atoms with van der Waals surface area (Å²) in [5.41, 5.74) is 9.63. The molecule has 0 aliphatic heterocycles. The Bertz CT molecular complexity index is 546. The fourth-order valence-corrected chi connectivity index (χ4v) is 2.72. The lowest BCUT2D eigenvalue weighted by molar-refractivity contribution is 0.858. The van der Waals surface area contributed by atoms with E-state index >= 15 is 0 Å². The summed E-state index contributed by atoms with van der Waals surface area (Å²) >= 11 is 12.0. The molecule has 0 aromatic heterocycles. The third kappa shape index (κ3) is 3.73. The maximum Gasteiger partial charge on any atom is 0.0552 e. The van der Waals surface area contributed by atoms with Crippen LogP contribution in [-0.4, -0.2) is 0 Å². The van der Waals surface area contributed by atoms with E-state index < -0.39 is 0 Å². The Morgan fingerprint density at radius 2 is 1.68 bits per heavy atom. The van der Waals surface area contributed by atoms with Crippen LogP contribution in [0.3, 0.4) is 0 Å². The van der Waals surface area contributed by atoms with Gasteiger partial charge in [0.05, 0.1) is 6.04 Å². The van der Waals surface area contributed by atoms with Gasteiger partial charge < -0.3 is 5.73 Å². The van der Waals surface area contributed by atoms with Crippen molar-refractivity contribution in [3.63, 3.8) is 0 Å². The highest BCUT2D eigenvalue weighted by atomic mass is 35.5. The van der Waals surface area contributed by atoms with Crippen molar-refractivity contribution in [2.24, 2.45) is 5.73 Å². The number of hydrogen-bond acceptors (Lipinski definition) is 1. The van der Waals surface area contributed by atoms with Crippen LogP contribution in [0.15, 0.2) is 42.5 Å². The fourth-order valence-electron chi connectivity index (χ4n) is 2.18. The maximum absolute atomic E-state index is 6.30. The van der Waals surface area contributed by atoms with Crippen LogP contribution < -0.4 is 5.73 Å². The summed E-state index contributed by atoms with van der Waals surface area (Å²) in [6.45, 7) is 2.17. The van der Waals surface area contributed by atoms with Crippen LogP contribution in [-0.2, 0) is 6.42 Å². The first-order chi connectivity index (χ1) is 9.10. The van der Waals surface area contributed by atoms with Crippen molar-refractivity contribution in [1.29, 1.82) is 0 Å². The second kappa shape index (κ2) is 6.42. The molecule has 0 amide bonds. The van der Waals surface area contributed by atoms with Gasteiger partial charge in [-0.2, -0.15) is 0 Å². The van der Waals surface area contributed by atoms with Gasteiger partial charge in [-0.25, -0.2) is 0 Å². The van der Waals surface area contributed by atoms with Crippen LogP contribution in [0.5, 0.6) is 0 Å². The third-order valence-corrected chi connectivity index (χ3v) is 3.53. The molecule has 2 rings (SSSR count). The highest BCUT2D eigenvalue weighted by molar-refractivity contribution is 6.34. The van der Waals surface area contributed by atoms with Crippen molar-refractivity contribution < 1.29 is 0 Å². The standard InChI is InChI=1S/C16H17Cl2N/c1-2-4-11-5-3-6-12(7-11)16(19)13-8-14(17)10-15(18)9-13/h3,5-10,16H,2,4,19H2,1H3. The molecule has 0 fully saturated rings. The van der Waals surface area contributed by atoms with Gasteiger partial charge in [0.25, 0.3) is 0 Å². The molecule has 0 aliphatic rings. The third-order valence-electron chi connectivity index (χ3n) is 3.09. The molecule has 0 saturated heterocycles. The van der Waals surface area contributed by atoms with Gasteiger partial charge in [0, 0.05) is 10.0 Å². The van der Waals surface area contributed by atoms with Crippen LogP contribution in [0.25, 0.3) is 0 Å². The van der Waals surface area contributed by atoms with E-state index in [1.165, 1.54) is 5.56 Å². The Kier molecular flexibility index (Phi) is 4.87. The molecular weight excluding hydrogens is 277 g/mol. The smallest absolute Gasteiger partial charge is 0.0552 e. The molecule has 0 saturated carbocycles. The van der Waals surface area contributed by atoms with E-state index in [1.54, 1.807) is 6.07 Å². The fraction of sp³-hybridized carbons (Fsp3) is 0.250. The van der Waals surface area contributed by atoms with Gasteiger partial charge in [0.1, 0.15) is 0 Å². The number of rotatable bonds is 4. The summed E-state index contributed by atoms with van der Waals surface area (Å²) in [7, 11) is 0. The molecule has 1 nitrogen and oxygen atoms in total. The molecule has 0 spiro atoms. The predicted octanol–water partition coefficient (Wildman–Crippen LogP) is 4.99. The van der Waals surface area contributed by atoms with E-state index in [1.807, 2.05) is 24.3 Å². The van der Waals surface area contributed by atoms with E-state index in [4.69, 9.17) is 28.9 Å². The van der Waals surface area contributed by atoms with E-state index in [9.17, 15) is 0 Å². The lowest BCUT2D eigenvalue weighted by atomic mass is 9.97. The SMILES string of the molecule is CCCc1cccc(C(N)c2cc(Cl)cc(Cl)c2)c1. The highest BCUT2D eigenvalue weighted by Gasteiger charge is 2.11. The Hall–Kier alpha value is -1.02. The van der Waals surface area contributed by atoms with Crippen molar-refractivity contribution in [2.75, 3.05) is 0 Å². The van der Waals surface area contributed by atoms with Gasteiger partial charge in [0.2, 0.25) is 0 Å². The van der Waals surface area contributed by atoms with Crippen molar-refractivity contribution in [3.05, 3.63) is 69.2 Å². The number of nitrogens with two attached hydrogens (primary N) is 1. The highest BCUT2D eigenvalue weighted by Crippen LogP contribution is 2.26. The van der Waals surface area contributed by atoms with Crippen LogP contribution >= 0.6 is 23.2 Å². The first-order valence-corrected chi connectivity index (χ1v) is 7.16. The molecule has 0 radical (unpaired) electrons. The van der Waals surface area contributed by atoms with Gasteiger partial charge in [0.15, 0.2) is 0 Å². The predicted molar refractivity (Wildman–Crippen MR) is 82.9 cm³/mol. The van der Waals surface area contributed by atoms with Crippen LogP contribution in [0.2, 0.25) is 10.0 Å². The molecule has 2 aromatic rings. The van der Waals surface area contributed by atoms with E-state index in [-0.39, 0.29) is 6.04 Å². The van der Waals surface area contributed by atoms with Gasteiger partial charge in [-0.15, -0.1) is 0 Å². The number of aryl methyl sites for hydroxylation is 1. The molecule has 0 bridgehead atoms. The summed E-state index contributed by atoms with van der Waals surface area (Å²) in [6.07, 6.45) is 2.19. The Balaban J connectivity index is 2.32. The average molecular weight is 294 g/mol. The Morgan fingerprint density at radius 1 is 1.00 bits per heavy atom. The topological polar surface area (TPSA) is 26.0 Å². The molecule has 3 heteroatoms. The van der Waals surface area contributed by atoms with Crippen molar-refractivity contribution in [3.8, 4) is 0 Å². The van der Waals surface area contributed by atoms with Crippen LogP contribution in [0.4, 0.5) is 0 Å². The molecule has 2 aromatic carbocycles. The number of halogens is 2. The molecule has 0 aliphatic carbocycles. The lowest BCUT2D eigenvalue weighted by Crippen LogP contribution is -2.12. The minimum atomic E-state index is -0.201. The molecule has 1 unspecified atom stereocenters. The summed E-state index contributed by atoms with van der Waals surface area (Å²) in [5, 5.41) is 1.23. The summed E-state index contributed by atoms with van der Waals surface area (Å²) in [4.78, 5) is 0. The van der Waals surface area contributed by atoms with Crippen molar-refractivity contribution in [1.82, 2.24) is 0 Å². The van der Waals surface area contributed by atoms with Gasteiger partial charge in [-0.05, 0) is 41.3 Å². The monoisotopic (exact) mass is 293 g/mol. The minimum absolute atomic E-state index is 0.201. The first kappa shape index (κ1) is 14.4. The molecule has 19 heavy (non-hydrogen) atoms. The minimum Gasteiger partial charge on any atom is -0.320 e. The van der Waals surface area contributed by atoms with E-state index in [2.05, 4.69) is 19.1 Å². The van der Waals surface area contributed by atoms with E-state index in [0.29, 0.717) is 10.0 Å². The van der Waals surface area contributed by atoms with E-state index in [0.717, 1.165) is 24.0 Å². The molecule has 2 N–H and O–H groups in total. The average Bonchev–Trinajstić information content (AvgIpc) is 2.37. The largest absolute Gasteiger partial charge is 0.320 e.